The zero-order valence-electron chi connectivity index (χ0n) is 46.4. The normalized spacial score (nSPS) is 12.4. The smallest absolute Gasteiger partial charge is 0.166 e. The fraction of sp³-hybridized carbons (Fsp3) is 0. The quantitative estimate of drug-likeness (QED) is 0.149. The third-order valence-electron chi connectivity index (χ3n) is 15.6. The lowest BCUT2D eigenvalue weighted by atomic mass is 10.0. The molecule has 0 aliphatic carbocycles. The van der Waals surface area contributed by atoms with Gasteiger partial charge >= 0.3 is 0 Å². The van der Waals surface area contributed by atoms with Gasteiger partial charge in [-0.15, -0.1) is 11.3 Å². The maximum Gasteiger partial charge on any atom is 0.166 e. The van der Waals surface area contributed by atoms with Crippen molar-refractivity contribution >= 4 is 97.1 Å². The summed E-state index contributed by atoms with van der Waals surface area (Å²) < 4.78 is 45.1. The van der Waals surface area contributed by atoms with Gasteiger partial charge in [0.15, 0.2) is 34.9 Å². The second-order valence-corrected chi connectivity index (χ2v) is 21.4. The molecule has 0 aliphatic rings. The molecule has 9 nitrogen and oxygen atoms in total. The van der Waals surface area contributed by atoms with Crippen molar-refractivity contribution in [2.24, 2.45) is 0 Å². The van der Waals surface area contributed by atoms with Gasteiger partial charge in [-0.05, 0) is 84.9 Å². The van der Waals surface area contributed by atoms with E-state index in [2.05, 4.69) is 94.1 Å². The van der Waals surface area contributed by atoms with Crippen LogP contribution in [0.1, 0.15) is 4.11 Å². The maximum absolute atomic E-state index is 10.9. The molecule has 0 saturated heterocycles. The number of furan rings is 1. The van der Waals surface area contributed by atoms with Crippen molar-refractivity contribution in [1.29, 1.82) is 0 Å². The van der Waals surface area contributed by atoms with Crippen LogP contribution in [0.4, 0.5) is 0 Å². The number of fused-ring (bicyclic) bond motifs is 13. The molecule has 0 aliphatic heterocycles. The highest BCUT2D eigenvalue weighted by Gasteiger charge is 2.26. The van der Waals surface area contributed by atoms with Crippen molar-refractivity contribution in [2.45, 2.75) is 0 Å². The molecular formula is C72H42N8OS. The van der Waals surface area contributed by atoms with Crippen molar-refractivity contribution in [3.8, 4) is 79.7 Å². The molecule has 17 rings (SSSR count). The van der Waals surface area contributed by atoms with E-state index in [1.807, 2.05) is 152 Å². The third-order valence-corrected chi connectivity index (χ3v) is 16.7. The van der Waals surface area contributed by atoms with E-state index in [0.717, 1.165) is 76.8 Å². The molecule has 6 aromatic heterocycles. The Morgan fingerprint density at radius 2 is 0.878 bits per heavy atom. The van der Waals surface area contributed by atoms with Crippen LogP contribution < -0.4 is 0 Å². The topological polar surface area (TPSA) is 100 Å². The number of benzene rings is 11. The van der Waals surface area contributed by atoms with Crippen LogP contribution in [-0.4, -0.2) is 39.0 Å². The van der Waals surface area contributed by atoms with E-state index in [1.54, 1.807) is 11.3 Å². The zero-order valence-corrected chi connectivity index (χ0v) is 44.2. The molecule has 10 heteroatoms. The molecule has 0 saturated carbocycles. The van der Waals surface area contributed by atoms with Gasteiger partial charge in [0.05, 0.1) is 31.9 Å². The number of thiophene rings is 1. The van der Waals surface area contributed by atoms with Gasteiger partial charge in [0.2, 0.25) is 0 Å². The first kappa shape index (κ1) is 43.0. The monoisotopic (exact) mass is 1070 g/mol. The number of para-hydroxylation sites is 3. The lowest BCUT2D eigenvalue weighted by molar-refractivity contribution is 0.669. The highest BCUT2D eigenvalue weighted by atomic mass is 32.1. The molecule has 0 bridgehead atoms. The highest BCUT2D eigenvalue weighted by Crippen LogP contribution is 2.45. The minimum Gasteiger partial charge on any atom is -0.456 e. The lowest BCUT2D eigenvalue weighted by Gasteiger charge is -2.17. The van der Waals surface area contributed by atoms with Crippen LogP contribution in [0.3, 0.4) is 0 Å². The summed E-state index contributed by atoms with van der Waals surface area (Å²) >= 11 is 1.79. The average Bonchev–Trinajstić information content (AvgIpc) is 1.71. The molecule has 0 radical (unpaired) electrons. The summed E-state index contributed by atoms with van der Waals surface area (Å²) in [6, 6.07) is 78.4. The van der Waals surface area contributed by atoms with E-state index < -0.39 is 0 Å². The van der Waals surface area contributed by atoms with Crippen LogP contribution in [0.15, 0.2) is 259 Å². The highest BCUT2D eigenvalue weighted by molar-refractivity contribution is 7.25. The van der Waals surface area contributed by atoms with Gasteiger partial charge in [0.1, 0.15) is 11.2 Å². The van der Waals surface area contributed by atoms with Crippen LogP contribution in [0, 0.1) is 0 Å². The molecule has 0 spiro atoms. The summed E-state index contributed by atoms with van der Waals surface area (Å²) in [5, 5.41) is 8.02. The Morgan fingerprint density at radius 3 is 1.57 bits per heavy atom. The van der Waals surface area contributed by atoms with Crippen LogP contribution >= 0.6 is 11.3 Å². The van der Waals surface area contributed by atoms with Crippen molar-refractivity contribution in [1.82, 2.24) is 39.0 Å². The number of hydrogen-bond donors (Lipinski definition) is 0. The van der Waals surface area contributed by atoms with E-state index >= 15 is 0 Å². The summed E-state index contributed by atoms with van der Waals surface area (Å²) in [7, 11) is 0. The predicted octanol–water partition coefficient (Wildman–Crippen LogP) is 18.5. The van der Waals surface area contributed by atoms with E-state index in [0.29, 0.717) is 40.0 Å². The fourth-order valence-electron chi connectivity index (χ4n) is 11.8. The number of hydrogen-bond acceptors (Lipinski definition) is 8. The molecule has 82 heavy (non-hydrogen) atoms. The van der Waals surface area contributed by atoms with E-state index in [-0.39, 0.29) is 46.6 Å². The maximum atomic E-state index is 10.9. The molecule has 0 N–H and O–H groups in total. The van der Waals surface area contributed by atoms with Crippen LogP contribution in [0.5, 0.6) is 0 Å². The zero-order chi connectivity index (χ0) is 56.4. The number of nitrogens with zero attached hydrogens (tertiary/aromatic N) is 8. The fourth-order valence-corrected chi connectivity index (χ4v) is 12.9. The Hall–Kier alpha value is -10.9. The van der Waals surface area contributed by atoms with E-state index in [9.17, 15) is 4.11 Å². The van der Waals surface area contributed by atoms with Crippen LogP contribution in [0.2, 0.25) is 0 Å². The van der Waals surface area contributed by atoms with Crippen molar-refractivity contribution in [2.75, 3.05) is 0 Å². The van der Waals surface area contributed by atoms with Crippen LogP contribution in [-0.2, 0) is 0 Å². The molecule has 0 fully saturated rings. The average molecular weight is 1070 g/mol. The number of aromatic nitrogens is 8. The Morgan fingerprint density at radius 1 is 0.341 bits per heavy atom. The molecule has 0 unspecified atom stereocenters. The molecular weight excluding hydrogens is 1020 g/mol. The summed E-state index contributed by atoms with van der Waals surface area (Å²) in [6.45, 7) is 0. The van der Waals surface area contributed by atoms with Gasteiger partial charge in [0, 0.05) is 91.6 Å². The molecule has 17 aromatic rings. The van der Waals surface area contributed by atoms with Crippen molar-refractivity contribution in [3.05, 3.63) is 255 Å². The Bertz CT molecular complexity index is 5550. The summed E-state index contributed by atoms with van der Waals surface area (Å²) in [4.78, 5) is 31.1. The van der Waals surface area contributed by atoms with Gasteiger partial charge in [-0.3, -0.25) is 0 Å². The van der Waals surface area contributed by atoms with E-state index in [1.165, 1.54) is 20.2 Å². The van der Waals surface area contributed by atoms with Gasteiger partial charge in [-0.1, -0.05) is 170 Å². The first-order chi connectivity index (χ1) is 41.9. The Labute approximate surface area is 476 Å². The second kappa shape index (κ2) is 18.3. The largest absolute Gasteiger partial charge is 0.456 e. The Balaban J connectivity index is 0.995. The van der Waals surface area contributed by atoms with E-state index in [4.69, 9.17) is 34.3 Å². The van der Waals surface area contributed by atoms with Gasteiger partial charge in [-0.2, -0.15) is 0 Å². The first-order valence-corrected chi connectivity index (χ1v) is 27.8. The summed E-state index contributed by atoms with van der Waals surface area (Å²) in [5.41, 5.74) is 9.31. The first-order valence-electron chi connectivity index (χ1n) is 28.5. The SMILES string of the molecule is [2H]c1c([2H])c(-n2c3ccccc3c3ccc4c(c5ccccc5n4-c4ccc5sc6ccccc6c5c4)c32)c(-c2nc(-c3ccccc3)nc(-c3ccccc3)n2)c([2H])c1-c1nc(-c2ccccc2)nc(-c2ccc3oc4ccccc4c3c2)n1. The van der Waals surface area contributed by atoms with Gasteiger partial charge < -0.3 is 13.6 Å². The summed E-state index contributed by atoms with van der Waals surface area (Å²) in [6.07, 6.45) is 0. The molecule has 382 valence electrons. The molecule has 11 aromatic carbocycles. The second-order valence-electron chi connectivity index (χ2n) is 20.3. The van der Waals surface area contributed by atoms with Gasteiger partial charge in [0.25, 0.3) is 0 Å². The minimum atomic E-state index is -0.256. The predicted molar refractivity (Wildman–Crippen MR) is 335 cm³/mol. The lowest BCUT2D eigenvalue weighted by Crippen LogP contribution is -2.05. The van der Waals surface area contributed by atoms with Gasteiger partial charge in [-0.25, -0.2) is 29.9 Å². The molecule has 0 amide bonds. The van der Waals surface area contributed by atoms with Crippen molar-refractivity contribution < 1.29 is 8.53 Å². The van der Waals surface area contributed by atoms with Crippen LogP contribution in [0.25, 0.3) is 165 Å². The minimum absolute atomic E-state index is 0.0150. The molecule has 0 atom stereocenters. The van der Waals surface area contributed by atoms with Crippen molar-refractivity contribution in [3.63, 3.8) is 0 Å². The Kier molecular flexibility index (Phi) is 9.61. The number of rotatable bonds is 8. The standard InChI is InChI=1S/C72H42N8OS/c1-4-18-43(19-5-1)67-74-70(76-71(75-67)47-33-38-62-54(40-47)50-25-12-16-30-61(50)81-62)46-32-36-59(56(41-46)72-77-68(44-20-6-2-7-21-44)73-69(78-72)45-22-8-3-9-23-45)80-57-28-14-10-24-49(57)52-35-37-60-65(66(52)80)53-27-11-15-29-58(53)79(60)48-34-39-64-55(42-48)51-26-13-17-31-63(51)82-64/h1-42H/i32D,36D,41D. The third kappa shape index (κ3) is 7.32. The molecule has 6 heterocycles. The summed E-state index contributed by atoms with van der Waals surface area (Å²) in [5.74, 6) is 1.57.